The summed E-state index contributed by atoms with van der Waals surface area (Å²) in [4.78, 5) is 37.6. The van der Waals surface area contributed by atoms with Gasteiger partial charge in [0, 0.05) is 12.8 Å². The second kappa shape index (κ2) is 49.8. The SMILES string of the molecule is CCCCC/C=C\C/C=C\CCCCCCCCCCCC(=O)OC(/C=C\CCCCCCCCCCCCC)C(COP(=O)(O)OCC[N+](C)(C)C)NC(=O)CCCCCCCCCCCCC. The van der Waals surface area contributed by atoms with Crippen molar-refractivity contribution in [3.8, 4) is 0 Å². The highest BCUT2D eigenvalue weighted by Crippen LogP contribution is 2.43. The van der Waals surface area contributed by atoms with Crippen molar-refractivity contribution in [1.82, 2.24) is 5.32 Å². The molecule has 0 fully saturated rings. The number of phosphoric ester groups is 1. The molecule has 406 valence electrons. The molecule has 0 aromatic rings. The summed E-state index contributed by atoms with van der Waals surface area (Å²) in [6, 6.07) is -0.844. The molecule has 0 spiro atoms. The van der Waals surface area contributed by atoms with E-state index in [4.69, 9.17) is 13.8 Å². The van der Waals surface area contributed by atoms with Gasteiger partial charge in [-0.05, 0) is 63.9 Å². The van der Waals surface area contributed by atoms with Gasteiger partial charge in [-0.1, -0.05) is 237 Å². The molecule has 0 rings (SSSR count). The molecule has 0 saturated heterocycles. The van der Waals surface area contributed by atoms with Crippen LogP contribution in [0.15, 0.2) is 36.5 Å². The zero-order valence-electron chi connectivity index (χ0n) is 46.3. The number of hydrogen-bond donors (Lipinski definition) is 2. The third kappa shape index (κ3) is 51.0. The van der Waals surface area contributed by atoms with Crippen LogP contribution in [0, 0.1) is 0 Å². The second-order valence-electron chi connectivity index (χ2n) is 21.2. The summed E-state index contributed by atoms with van der Waals surface area (Å²) < 4.78 is 30.6. The first kappa shape index (κ1) is 67.2. The molecule has 69 heavy (non-hydrogen) atoms. The van der Waals surface area contributed by atoms with E-state index in [1.807, 2.05) is 33.3 Å². The molecule has 0 aromatic heterocycles. The Morgan fingerprint density at radius 2 is 0.884 bits per heavy atom. The summed E-state index contributed by atoms with van der Waals surface area (Å²) in [5.74, 6) is -0.501. The van der Waals surface area contributed by atoms with E-state index in [1.165, 1.54) is 180 Å². The molecule has 0 heterocycles. The summed E-state index contributed by atoms with van der Waals surface area (Å²) in [5, 5.41) is 3.05. The zero-order valence-corrected chi connectivity index (χ0v) is 47.2. The fourth-order valence-corrected chi connectivity index (χ4v) is 9.24. The number of carbonyl (C=O) groups excluding carboxylic acids is 2. The Labute approximate surface area is 427 Å². The number of phosphoric acid groups is 1. The average molecular weight is 995 g/mol. The Balaban J connectivity index is 5.28. The van der Waals surface area contributed by atoms with Crippen LogP contribution < -0.4 is 5.32 Å². The minimum absolute atomic E-state index is 0.0417. The number of quaternary nitrogens is 1. The minimum Gasteiger partial charge on any atom is -0.456 e. The first-order valence-electron chi connectivity index (χ1n) is 29.3. The number of unbranched alkanes of at least 4 members (excludes halogenated alkanes) is 33. The third-order valence-electron chi connectivity index (χ3n) is 13.1. The van der Waals surface area contributed by atoms with E-state index < -0.39 is 20.0 Å². The number of ether oxygens (including phenoxy) is 1. The van der Waals surface area contributed by atoms with Crippen LogP contribution in [-0.2, 0) is 27.9 Å². The molecule has 0 bridgehead atoms. The monoisotopic (exact) mass is 994 g/mol. The number of rotatable bonds is 53. The van der Waals surface area contributed by atoms with Crippen molar-refractivity contribution in [2.45, 2.75) is 290 Å². The lowest BCUT2D eigenvalue weighted by atomic mass is 10.0. The Hall–Kier alpha value is -1.77. The smallest absolute Gasteiger partial charge is 0.456 e. The quantitative estimate of drug-likeness (QED) is 0.0205. The molecule has 2 N–H and O–H groups in total. The van der Waals surface area contributed by atoms with Crippen molar-refractivity contribution >= 4 is 19.7 Å². The summed E-state index contributed by atoms with van der Waals surface area (Å²) >= 11 is 0. The van der Waals surface area contributed by atoms with E-state index in [1.54, 1.807) is 0 Å². The molecular weight excluding hydrogens is 880 g/mol. The van der Waals surface area contributed by atoms with E-state index in [0.29, 0.717) is 17.4 Å². The fraction of sp³-hybridized carbons (Fsp3) is 0.864. The molecule has 3 unspecified atom stereocenters. The van der Waals surface area contributed by atoms with E-state index in [-0.39, 0.29) is 31.5 Å². The summed E-state index contributed by atoms with van der Waals surface area (Å²) in [5.41, 5.74) is 0. The zero-order chi connectivity index (χ0) is 50.8. The topological polar surface area (TPSA) is 111 Å². The molecule has 0 aliphatic rings. The Morgan fingerprint density at radius 1 is 0.507 bits per heavy atom. The van der Waals surface area contributed by atoms with Crippen LogP contribution in [0.1, 0.15) is 278 Å². The Morgan fingerprint density at radius 3 is 1.33 bits per heavy atom. The van der Waals surface area contributed by atoms with E-state index >= 15 is 0 Å². The van der Waals surface area contributed by atoms with Crippen molar-refractivity contribution in [1.29, 1.82) is 0 Å². The van der Waals surface area contributed by atoms with E-state index in [0.717, 1.165) is 64.2 Å². The van der Waals surface area contributed by atoms with Crippen LogP contribution in [0.4, 0.5) is 0 Å². The first-order chi connectivity index (χ1) is 33.4. The maximum Gasteiger partial charge on any atom is 0.472 e. The Kier molecular flexibility index (Phi) is 48.5. The maximum absolute atomic E-state index is 13.5. The summed E-state index contributed by atoms with van der Waals surface area (Å²) in [6.45, 7) is 7.00. The van der Waals surface area contributed by atoms with Gasteiger partial charge < -0.3 is 19.4 Å². The number of nitrogens with zero attached hydrogens (tertiary/aromatic N) is 1. The minimum atomic E-state index is -4.44. The number of carbonyl (C=O) groups is 2. The summed E-state index contributed by atoms with van der Waals surface area (Å²) in [7, 11) is 1.50. The van der Waals surface area contributed by atoms with Crippen LogP contribution in [0.2, 0.25) is 0 Å². The molecule has 9 nitrogen and oxygen atoms in total. The standard InChI is InChI=1S/C59H113N2O7P/c1-7-10-13-16-19-22-25-27-28-29-30-31-32-34-37-40-43-46-49-52-59(63)68-57(50-47-44-41-38-36-33-26-23-20-17-14-11-8-2)56(55-67-69(64,65)66-54-53-61(4,5)6)60-58(62)51-48-45-42-39-35-24-21-18-15-12-9-3/h19,22,27-28,47,50,56-57H,7-18,20-21,23-26,29-46,48-49,51-55H2,1-6H3,(H-,60,62,64,65)/p+1/b22-19-,28-27-,50-47-. The number of esters is 1. The first-order valence-corrected chi connectivity index (χ1v) is 30.8. The molecular formula is C59H114N2O7P+. The van der Waals surface area contributed by atoms with Gasteiger partial charge in [0.05, 0.1) is 33.8 Å². The lowest BCUT2D eigenvalue weighted by Crippen LogP contribution is -2.47. The van der Waals surface area contributed by atoms with E-state index in [9.17, 15) is 19.0 Å². The lowest BCUT2D eigenvalue weighted by molar-refractivity contribution is -0.870. The number of hydrogen-bond acceptors (Lipinski definition) is 6. The summed E-state index contributed by atoms with van der Waals surface area (Å²) in [6.07, 6.45) is 58.4. The van der Waals surface area contributed by atoms with Crippen LogP contribution in [0.25, 0.3) is 0 Å². The second-order valence-corrected chi connectivity index (χ2v) is 22.6. The molecule has 0 radical (unpaired) electrons. The molecule has 0 saturated carbocycles. The number of nitrogens with one attached hydrogen (secondary N) is 1. The van der Waals surface area contributed by atoms with Crippen molar-refractivity contribution in [3.63, 3.8) is 0 Å². The van der Waals surface area contributed by atoms with Gasteiger partial charge >= 0.3 is 13.8 Å². The predicted octanol–water partition coefficient (Wildman–Crippen LogP) is 17.6. The molecule has 0 aliphatic heterocycles. The van der Waals surface area contributed by atoms with Crippen molar-refractivity contribution in [3.05, 3.63) is 36.5 Å². The normalized spacial score (nSPS) is 14.0. The number of amides is 1. The predicted molar refractivity (Wildman–Crippen MR) is 296 cm³/mol. The fourth-order valence-electron chi connectivity index (χ4n) is 8.50. The Bertz CT molecular complexity index is 1280. The maximum atomic E-state index is 13.5. The van der Waals surface area contributed by atoms with Crippen LogP contribution in [-0.4, -0.2) is 74.3 Å². The number of likely N-dealkylation sites (N-methyl/N-ethyl adjacent to an activating group) is 1. The lowest BCUT2D eigenvalue weighted by Gasteiger charge is -2.27. The van der Waals surface area contributed by atoms with Gasteiger partial charge in [-0.2, -0.15) is 0 Å². The van der Waals surface area contributed by atoms with Gasteiger partial charge in [-0.25, -0.2) is 4.57 Å². The molecule has 1 amide bonds. The van der Waals surface area contributed by atoms with Gasteiger partial charge in [-0.15, -0.1) is 0 Å². The molecule has 10 heteroatoms. The highest BCUT2D eigenvalue weighted by atomic mass is 31.2. The van der Waals surface area contributed by atoms with Crippen molar-refractivity contribution < 1.29 is 37.3 Å². The third-order valence-corrected chi connectivity index (χ3v) is 14.1. The van der Waals surface area contributed by atoms with Crippen LogP contribution in [0.5, 0.6) is 0 Å². The van der Waals surface area contributed by atoms with Gasteiger partial charge in [0.15, 0.2) is 0 Å². The van der Waals surface area contributed by atoms with Crippen LogP contribution in [0.3, 0.4) is 0 Å². The van der Waals surface area contributed by atoms with Gasteiger partial charge in [0.2, 0.25) is 5.91 Å². The van der Waals surface area contributed by atoms with Crippen LogP contribution >= 0.6 is 7.82 Å². The van der Waals surface area contributed by atoms with Gasteiger partial charge in [-0.3, -0.25) is 18.6 Å². The van der Waals surface area contributed by atoms with Crippen molar-refractivity contribution in [2.75, 3.05) is 40.9 Å². The highest BCUT2D eigenvalue weighted by molar-refractivity contribution is 7.47. The molecule has 0 aromatic carbocycles. The van der Waals surface area contributed by atoms with Gasteiger partial charge in [0.1, 0.15) is 19.3 Å². The van der Waals surface area contributed by atoms with E-state index in [2.05, 4.69) is 50.4 Å². The van der Waals surface area contributed by atoms with Crippen molar-refractivity contribution in [2.24, 2.45) is 0 Å². The van der Waals surface area contributed by atoms with Gasteiger partial charge in [0.25, 0.3) is 0 Å². The number of allylic oxidation sites excluding steroid dienone is 5. The largest absolute Gasteiger partial charge is 0.472 e. The highest BCUT2D eigenvalue weighted by Gasteiger charge is 2.30. The molecule has 3 atom stereocenters. The average Bonchev–Trinajstić information content (AvgIpc) is 3.31. The molecule has 0 aliphatic carbocycles.